The average molecular weight is 413 g/mol. The van der Waals surface area contributed by atoms with Crippen LogP contribution in [0, 0.1) is 10.1 Å². The van der Waals surface area contributed by atoms with Crippen LogP contribution >= 0.6 is 0 Å². The second kappa shape index (κ2) is 8.75. The summed E-state index contributed by atoms with van der Waals surface area (Å²) >= 11 is 0. The van der Waals surface area contributed by atoms with Gasteiger partial charge in [-0.15, -0.1) is 0 Å². The molecule has 1 aliphatic heterocycles. The Morgan fingerprint density at radius 3 is 2.47 bits per heavy atom. The number of ether oxygens (including phenoxy) is 3. The van der Waals surface area contributed by atoms with E-state index >= 15 is 0 Å². The van der Waals surface area contributed by atoms with Crippen LogP contribution in [-0.2, 0) is 14.3 Å². The van der Waals surface area contributed by atoms with Crippen molar-refractivity contribution < 1.29 is 33.8 Å². The van der Waals surface area contributed by atoms with Crippen molar-refractivity contribution >= 4 is 23.7 Å². The summed E-state index contributed by atoms with van der Waals surface area (Å²) in [5.41, 5.74) is -0.352. The summed E-state index contributed by atoms with van der Waals surface area (Å²) in [4.78, 5) is 34.6. The zero-order valence-electron chi connectivity index (χ0n) is 16.1. The molecule has 0 bridgehead atoms. The molecule has 1 saturated heterocycles. The van der Waals surface area contributed by atoms with E-state index in [0.29, 0.717) is 11.3 Å². The maximum absolute atomic E-state index is 12.3. The molecule has 2 aromatic carbocycles. The smallest absolute Gasteiger partial charge is 0.338 e. The lowest BCUT2D eigenvalue weighted by atomic mass is 9.98. The highest BCUT2D eigenvalue weighted by atomic mass is 16.6. The molecule has 1 heterocycles. The van der Waals surface area contributed by atoms with Gasteiger partial charge in [0.2, 0.25) is 0 Å². The molecule has 9 nitrogen and oxygen atoms in total. The SMILES string of the molecule is COc1ccc(/C=C2\CC(CO)(COC(=O)c3ccc([N+](=O)[O-])cc3)OC2=O)cc1. The molecule has 1 atom stereocenters. The van der Waals surface area contributed by atoms with Crippen LogP contribution < -0.4 is 4.74 Å². The minimum absolute atomic E-state index is 0.0574. The predicted molar refractivity (Wildman–Crippen MR) is 105 cm³/mol. The minimum Gasteiger partial charge on any atom is -0.497 e. The summed E-state index contributed by atoms with van der Waals surface area (Å²) in [7, 11) is 1.55. The number of nitro groups is 1. The lowest BCUT2D eigenvalue weighted by Gasteiger charge is -2.24. The Kier molecular flexibility index (Phi) is 6.12. The Labute approximate surface area is 171 Å². The van der Waals surface area contributed by atoms with Gasteiger partial charge in [0.25, 0.3) is 5.69 Å². The number of non-ortho nitro benzene ring substituents is 1. The molecular formula is C21H19NO8. The zero-order valence-corrected chi connectivity index (χ0v) is 16.1. The highest BCUT2D eigenvalue weighted by Gasteiger charge is 2.44. The van der Waals surface area contributed by atoms with Crippen molar-refractivity contribution in [3.63, 3.8) is 0 Å². The van der Waals surface area contributed by atoms with Crippen LogP contribution in [0.5, 0.6) is 5.75 Å². The fourth-order valence-corrected chi connectivity index (χ4v) is 2.94. The number of carbonyl (C=O) groups is 2. The standard InChI is InChI=1S/C21H19NO8/c1-28-18-8-2-14(3-9-18)10-16-11-21(12-23,30-20(16)25)13-29-19(24)15-4-6-17(7-5-15)22(26)27/h2-10,23H,11-13H2,1H3/b16-10+. The van der Waals surface area contributed by atoms with Crippen LogP contribution in [0.1, 0.15) is 22.3 Å². The maximum Gasteiger partial charge on any atom is 0.338 e. The highest BCUT2D eigenvalue weighted by molar-refractivity contribution is 5.96. The second-order valence-electron chi connectivity index (χ2n) is 6.73. The molecular weight excluding hydrogens is 394 g/mol. The molecule has 0 radical (unpaired) electrons. The monoisotopic (exact) mass is 413 g/mol. The first kappa shape index (κ1) is 21.0. The molecule has 156 valence electrons. The molecule has 0 amide bonds. The normalized spacial score (nSPS) is 19.4. The van der Waals surface area contributed by atoms with E-state index in [2.05, 4.69) is 0 Å². The van der Waals surface area contributed by atoms with Gasteiger partial charge < -0.3 is 19.3 Å². The lowest BCUT2D eigenvalue weighted by Crippen LogP contribution is -2.39. The van der Waals surface area contributed by atoms with Crippen LogP contribution in [0.25, 0.3) is 6.08 Å². The summed E-state index contributed by atoms with van der Waals surface area (Å²) in [6.07, 6.45) is 1.69. The Balaban J connectivity index is 1.68. The van der Waals surface area contributed by atoms with E-state index in [9.17, 15) is 24.8 Å². The lowest BCUT2D eigenvalue weighted by molar-refractivity contribution is -0.384. The third-order valence-electron chi connectivity index (χ3n) is 4.61. The molecule has 3 rings (SSSR count). The third kappa shape index (κ3) is 4.64. The maximum atomic E-state index is 12.3. The molecule has 0 aromatic heterocycles. The summed E-state index contributed by atoms with van der Waals surface area (Å²) in [6.45, 7) is -0.892. The molecule has 1 fully saturated rings. The Morgan fingerprint density at radius 1 is 1.23 bits per heavy atom. The third-order valence-corrected chi connectivity index (χ3v) is 4.61. The number of aliphatic hydroxyl groups is 1. The number of cyclic esters (lactones) is 1. The number of hydrogen-bond donors (Lipinski definition) is 1. The molecule has 9 heteroatoms. The number of nitro benzene ring substituents is 1. The summed E-state index contributed by atoms with van der Waals surface area (Å²) in [5, 5.41) is 20.5. The van der Waals surface area contributed by atoms with Crippen molar-refractivity contribution in [1.29, 1.82) is 0 Å². The largest absolute Gasteiger partial charge is 0.497 e. The van der Waals surface area contributed by atoms with Gasteiger partial charge in [0.1, 0.15) is 12.4 Å². The van der Waals surface area contributed by atoms with Crippen molar-refractivity contribution in [3.8, 4) is 5.75 Å². The first-order valence-electron chi connectivity index (χ1n) is 8.96. The number of benzene rings is 2. The molecule has 2 aromatic rings. The number of carbonyl (C=O) groups excluding carboxylic acids is 2. The van der Waals surface area contributed by atoms with Gasteiger partial charge >= 0.3 is 11.9 Å². The van der Waals surface area contributed by atoms with E-state index in [-0.39, 0.29) is 24.3 Å². The van der Waals surface area contributed by atoms with Crippen molar-refractivity contribution in [2.45, 2.75) is 12.0 Å². The van der Waals surface area contributed by atoms with Crippen LogP contribution in [-0.4, -0.2) is 47.9 Å². The summed E-state index contributed by atoms with van der Waals surface area (Å²) < 4.78 is 15.6. The summed E-state index contributed by atoms with van der Waals surface area (Å²) in [6, 6.07) is 11.9. The first-order valence-corrected chi connectivity index (χ1v) is 8.96. The summed E-state index contributed by atoms with van der Waals surface area (Å²) in [5.74, 6) is -0.679. The van der Waals surface area contributed by atoms with Crippen molar-refractivity contribution in [2.75, 3.05) is 20.3 Å². The molecule has 1 N–H and O–H groups in total. The predicted octanol–water partition coefficient (Wildman–Crippen LogP) is 2.52. The fraction of sp³-hybridized carbons (Fsp3) is 0.238. The van der Waals surface area contributed by atoms with Gasteiger partial charge in [-0.25, -0.2) is 9.59 Å². The van der Waals surface area contributed by atoms with E-state index in [1.54, 1.807) is 37.5 Å². The topological polar surface area (TPSA) is 125 Å². The number of rotatable bonds is 7. The van der Waals surface area contributed by atoms with E-state index in [1.165, 1.54) is 24.3 Å². The number of esters is 2. The van der Waals surface area contributed by atoms with Crippen LogP contribution in [0.15, 0.2) is 54.1 Å². The Morgan fingerprint density at radius 2 is 1.90 bits per heavy atom. The number of hydrogen-bond acceptors (Lipinski definition) is 8. The van der Waals surface area contributed by atoms with Crippen molar-refractivity contribution in [1.82, 2.24) is 0 Å². The van der Waals surface area contributed by atoms with Gasteiger partial charge in [-0.1, -0.05) is 12.1 Å². The molecule has 1 aliphatic rings. The van der Waals surface area contributed by atoms with Crippen molar-refractivity contribution in [2.24, 2.45) is 0 Å². The molecule has 1 unspecified atom stereocenters. The van der Waals surface area contributed by atoms with Crippen LogP contribution in [0.2, 0.25) is 0 Å². The van der Waals surface area contributed by atoms with Gasteiger partial charge in [-0.2, -0.15) is 0 Å². The average Bonchev–Trinajstić information content (AvgIpc) is 3.08. The van der Waals surface area contributed by atoms with E-state index < -0.39 is 29.1 Å². The van der Waals surface area contributed by atoms with Gasteiger partial charge in [0.15, 0.2) is 5.60 Å². The van der Waals surface area contributed by atoms with Gasteiger partial charge in [-0.3, -0.25) is 10.1 Å². The van der Waals surface area contributed by atoms with E-state index in [1.807, 2.05) is 0 Å². The Hall–Kier alpha value is -3.72. The first-order chi connectivity index (χ1) is 14.4. The molecule has 30 heavy (non-hydrogen) atoms. The number of nitrogens with zero attached hydrogens (tertiary/aromatic N) is 1. The fourth-order valence-electron chi connectivity index (χ4n) is 2.94. The second-order valence-corrected chi connectivity index (χ2v) is 6.73. The molecule has 0 spiro atoms. The highest BCUT2D eigenvalue weighted by Crippen LogP contribution is 2.32. The molecule has 0 aliphatic carbocycles. The van der Waals surface area contributed by atoms with Gasteiger partial charge in [-0.05, 0) is 35.9 Å². The van der Waals surface area contributed by atoms with Crippen molar-refractivity contribution in [3.05, 3.63) is 75.3 Å². The quantitative estimate of drug-likeness (QED) is 0.318. The van der Waals surface area contributed by atoms with Gasteiger partial charge in [0, 0.05) is 24.1 Å². The zero-order chi connectivity index (χ0) is 21.7. The van der Waals surface area contributed by atoms with Gasteiger partial charge in [0.05, 0.1) is 24.2 Å². The van der Waals surface area contributed by atoms with Crippen LogP contribution in [0.3, 0.4) is 0 Å². The van der Waals surface area contributed by atoms with E-state index in [0.717, 1.165) is 5.56 Å². The molecule has 0 saturated carbocycles. The van der Waals surface area contributed by atoms with E-state index in [4.69, 9.17) is 14.2 Å². The number of aliphatic hydroxyl groups excluding tert-OH is 1. The number of methoxy groups -OCH3 is 1. The Bertz CT molecular complexity index is 981. The van der Waals surface area contributed by atoms with Crippen LogP contribution in [0.4, 0.5) is 5.69 Å². The minimum atomic E-state index is -1.38.